The zero-order valence-electron chi connectivity index (χ0n) is 11.9. The minimum atomic E-state index is -1.18. The van der Waals surface area contributed by atoms with E-state index in [1.165, 1.54) is 7.11 Å². The average Bonchev–Trinajstić information content (AvgIpc) is 2.46. The van der Waals surface area contributed by atoms with Crippen LogP contribution in [0, 0.1) is 18.3 Å². The minimum absolute atomic E-state index is 0.351. The molecule has 0 saturated carbocycles. The molecule has 21 heavy (non-hydrogen) atoms. The van der Waals surface area contributed by atoms with E-state index in [2.05, 4.69) is 6.07 Å². The summed E-state index contributed by atoms with van der Waals surface area (Å²) in [6.07, 6.45) is 0. The first-order valence-electron chi connectivity index (χ1n) is 6.36. The Hall–Kier alpha value is -2.32. The molecule has 2 aromatic rings. The van der Waals surface area contributed by atoms with Crippen molar-refractivity contribution in [2.75, 3.05) is 12.8 Å². The molecule has 108 valence electrons. The molecule has 4 nitrogen and oxygen atoms in total. The van der Waals surface area contributed by atoms with E-state index in [0.717, 1.165) is 16.0 Å². The van der Waals surface area contributed by atoms with Gasteiger partial charge in [-0.2, -0.15) is 5.26 Å². The molecular weight excluding hydrogens is 284 g/mol. The van der Waals surface area contributed by atoms with Gasteiger partial charge in [-0.25, -0.2) is 0 Å². The number of aryl methyl sites for hydroxylation is 1. The van der Waals surface area contributed by atoms with Gasteiger partial charge in [0.15, 0.2) is 0 Å². The molecule has 1 atom stereocenters. The van der Waals surface area contributed by atoms with Gasteiger partial charge in [0.2, 0.25) is 0 Å². The Morgan fingerprint density at radius 3 is 2.67 bits per heavy atom. The average molecular weight is 300 g/mol. The Morgan fingerprint density at radius 1 is 1.29 bits per heavy atom. The maximum absolute atomic E-state index is 12.5. The number of ether oxygens (including phenoxy) is 1. The second-order valence-corrected chi connectivity index (χ2v) is 6.08. The first-order chi connectivity index (χ1) is 10.0. The van der Waals surface area contributed by atoms with E-state index in [-0.39, 0.29) is 0 Å². The van der Waals surface area contributed by atoms with Crippen molar-refractivity contribution in [3.8, 4) is 11.8 Å². The summed E-state index contributed by atoms with van der Waals surface area (Å²) in [4.78, 5) is 0.763. The highest BCUT2D eigenvalue weighted by Crippen LogP contribution is 2.23. The molecular formula is C16H16N2O2S. The Balaban J connectivity index is 2.26. The third-order valence-corrected chi connectivity index (χ3v) is 4.67. The Bertz CT molecular complexity index is 736. The molecule has 2 N–H and O–H groups in total. The van der Waals surface area contributed by atoms with Crippen LogP contribution in [-0.4, -0.2) is 11.3 Å². The van der Waals surface area contributed by atoms with E-state index in [1.54, 1.807) is 24.3 Å². The number of benzene rings is 2. The number of nitrogens with two attached hydrogens (primary N) is 1. The largest absolute Gasteiger partial charge is 0.495 e. The van der Waals surface area contributed by atoms with E-state index in [0.29, 0.717) is 22.8 Å². The SMILES string of the molecule is COc1ccc(CS(=O)c2ccc(N)cc2C)cc1C#N. The fourth-order valence-electron chi connectivity index (χ4n) is 2.09. The number of nitrogens with zero attached hydrogens (tertiary/aromatic N) is 1. The maximum Gasteiger partial charge on any atom is 0.136 e. The van der Waals surface area contributed by atoms with Gasteiger partial charge >= 0.3 is 0 Å². The van der Waals surface area contributed by atoms with Crippen LogP contribution in [0.1, 0.15) is 16.7 Å². The quantitative estimate of drug-likeness (QED) is 0.881. The summed E-state index contributed by atoms with van der Waals surface area (Å²) in [6.45, 7) is 1.89. The Morgan fingerprint density at radius 2 is 2.05 bits per heavy atom. The van der Waals surface area contributed by atoms with Gasteiger partial charge in [0.05, 0.1) is 29.2 Å². The molecule has 0 radical (unpaired) electrons. The monoisotopic (exact) mass is 300 g/mol. The van der Waals surface area contributed by atoms with E-state index in [9.17, 15) is 4.21 Å². The maximum atomic E-state index is 12.5. The molecule has 1 unspecified atom stereocenters. The molecule has 0 amide bonds. The van der Waals surface area contributed by atoms with Gasteiger partial charge in [0, 0.05) is 10.6 Å². The van der Waals surface area contributed by atoms with Crippen LogP contribution in [0.15, 0.2) is 41.3 Å². The highest BCUT2D eigenvalue weighted by Gasteiger charge is 2.10. The van der Waals surface area contributed by atoms with E-state index in [4.69, 9.17) is 15.7 Å². The molecule has 0 spiro atoms. The standard InChI is InChI=1S/C16H16N2O2S/c1-11-7-14(18)4-6-16(11)21(19)10-12-3-5-15(20-2)13(8-12)9-17/h3-8H,10,18H2,1-2H3. The van der Waals surface area contributed by atoms with E-state index >= 15 is 0 Å². The highest BCUT2D eigenvalue weighted by atomic mass is 32.2. The summed E-state index contributed by atoms with van der Waals surface area (Å²) in [5, 5.41) is 9.08. The number of anilines is 1. The number of nitrogen functional groups attached to an aromatic ring is 1. The number of hydrogen-bond acceptors (Lipinski definition) is 4. The Kier molecular flexibility index (Phi) is 4.61. The van der Waals surface area contributed by atoms with Gasteiger partial charge in [-0.1, -0.05) is 6.07 Å². The normalized spacial score (nSPS) is 11.7. The first-order valence-corrected chi connectivity index (χ1v) is 7.68. The lowest BCUT2D eigenvalue weighted by Gasteiger charge is -2.08. The van der Waals surface area contributed by atoms with Gasteiger partial charge in [0.1, 0.15) is 11.8 Å². The second-order valence-electron chi connectivity index (χ2n) is 4.66. The molecule has 5 heteroatoms. The zero-order valence-corrected chi connectivity index (χ0v) is 12.7. The van der Waals surface area contributed by atoms with Crippen molar-refractivity contribution >= 4 is 16.5 Å². The van der Waals surface area contributed by atoms with E-state index < -0.39 is 10.8 Å². The summed E-state index contributed by atoms with van der Waals surface area (Å²) >= 11 is 0. The predicted octanol–water partition coefficient (Wildman–Crippen LogP) is 2.77. The molecule has 0 heterocycles. The van der Waals surface area contributed by atoms with Crippen molar-refractivity contribution in [2.45, 2.75) is 17.6 Å². The van der Waals surface area contributed by atoms with Crippen LogP contribution in [-0.2, 0) is 16.6 Å². The van der Waals surface area contributed by atoms with Gasteiger partial charge < -0.3 is 10.5 Å². The molecule has 0 aromatic heterocycles. The molecule has 2 rings (SSSR count). The lowest BCUT2D eigenvalue weighted by molar-refractivity contribution is 0.413. The molecule has 0 fully saturated rings. The second kappa shape index (κ2) is 6.42. The number of methoxy groups -OCH3 is 1. The third-order valence-electron chi connectivity index (χ3n) is 3.13. The number of hydrogen-bond donors (Lipinski definition) is 1. The smallest absolute Gasteiger partial charge is 0.136 e. The lowest BCUT2D eigenvalue weighted by Crippen LogP contribution is -2.00. The lowest BCUT2D eigenvalue weighted by atomic mass is 10.1. The molecule has 0 saturated heterocycles. The fourth-order valence-corrected chi connectivity index (χ4v) is 3.37. The summed E-state index contributed by atoms with van der Waals surface area (Å²) in [7, 11) is 0.341. The van der Waals surface area contributed by atoms with Crippen molar-refractivity contribution in [1.82, 2.24) is 0 Å². The zero-order chi connectivity index (χ0) is 15.4. The van der Waals surface area contributed by atoms with Crippen molar-refractivity contribution in [1.29, 1.82) is 5.26 Å². The molecule has 0 aliphatic rings. The van der Waals surface area contributed by atoms with Crippen LogP contribution in [0.4, 0.5) is 5.69 Å². The minimum Gasteiger partial charge on any atom is -0.495 e. The van der Waals surface area contributed by atoms with Crippen molar-refractivity contribution in [3.05, 3.63) is 53.1 Å². The van der Waals surface area contributed by atoms with Gasteiger partial charge in [0.25, 0.3) is 0 Å². The van der Waals surface area contributed by atoms with Crippen LogP contribution in [0.2, 0.25) is 0 Å². The topological polar surface area (TPSA) is 76.1 Å². The van der Waals surface area contributed by atoms with Crippen molar-refractivity contribution in [3.63, 3.8) is 0 Å². The van der Waals surface area contributed by atoms with Crippen LogP contribution >= 0.6 is 0 Å². The third kappa shape index (κ3) is 3.41. The van der Waals surface area contributed by atoms with Crippen molar-refractivity contribution < 1.29 is 8.95 Å². The van der Waals surface area contributed by atoms with Crippen LogP contribution in [0.25, 0.3) is 0 Å². The number of nitriles is 1. The number of rotatable bonds is 4. The van der Waals surface area contributed by atoms with Gasteiger partial charge in [-0.3, -0.25) is 4.21 Å². The molecule has 2 aromatic carbocycles. The van der Waals surface area contributed by atoms with Crippen LogP contribution < -0.4 is 10.5 Å². The van der Waals surface area contributed by atoms with Crippen molar-refractivity contribution in [2.24, 2.45) is 0 Å². The Labute approximate surface area is 126 Å². The van der Waals surface area contributed by atoms with Crippen LogP contribution in [0.3, 0.4) is 0 Å². The predicted molar refractivity (Wildman–Crippen MR) is 83.4 cm³/mol. The van der Waals surface area contributed by atoms with Crippen LogP contribution in [0.5, 0.6) is 5.75 Å². The fraction of sp³-hybridized carbons (Fsp3) is 0.188. The first kappa shape index (κ1) is 15.1. The summed E-state index contributed by atoms with van der Waals surface area (Å²) in [6, 6.07) is 12.7. The highest BCUT2D eigenvalue weighted by molar-refractivity contribution is 7.84. The summed E-state index contributed by atoms with van der Waals surface area (Å²) in [5.74, 6) is 0.874. The van der Waals surface area contributed by atoms with Gasteiger partial charge in [-0.05, 0) is 48.4 Å². The van der Waals surface area contributed by atoms with Gasteiger partial charge in [-0.15, -0.1) is 0 Å². The summed E-state index contributed by atoms with van der Waals surface area (Å²) < 4.78 is 17.6. The summed E-state index contributed by atoms with van der Waals surface area (Å²) in [5.41, 5.74) is 8.54. The molecule has 0 bridgehead atoms. The molecule has 0 aliphatic carbocycles. The molecule has 0 aliphatic heterocycles. The van der Waals surface area contributed by atoms with E-state index in [1.807, 2.05) is 19.1 Å².